The highest BCUT2D eigenvalue weighted by molar-refractivity contribution is 5.41. The minimum Gasteiger partial charge on any atom is -0.310 e. The van der Waals surface area contributed by atoms with Crippen molar-refractivity contribution in [1.82, 2.24) is 5.32 Å². The average Bonchev–Trinajstić information content (AvgIpc) is 2.51. The largest absolute Gasteiger partial charge is 0.310 e. The molecule has 1 aliphatic carbocycles. The van der Waals surface area contributed by atoms with Gasteiger partial charge in [0.15, 0.2) is 0 Å². The predicted molar refractivity (Wildman–Crippen MR) is 86.6 cm³/mol. The summed E-state index contributed by atoms with van der Waals surface area (Å²) in [7, 11) is 0. The van der Waals surface area contributed by atoms with E-state index in [-0.39, 0.29) is 0 Å². The van der Waals surface area contributed by atoms with Crippen molar-refractivity contribution in [2.75, 3.05) is 0 Å². The Labute approximate surface area is 124 Å². The van der Waals surface area contributed by atoms with Crippen LogP contribution in [0, 0.1) is 11.8 Å². The minimum absolute atomic E-state index is 0.713. The van der Waals surface area contributed by atoms with E-state index >= 15 is 0 Å². The zero-order valence-corrected chi connectivity index (χ0v) is 12.8. The van der Waals surface area contributed by atoms with Gasteiger partial charge < -0.3 is 5.32 Å². The van der Waals surface area contributed by atoms with Crippen molar-refractivity contribution in [2.45, 2.75) is 70.9 Å². The van der Waals surface area contributed by atoms with Crippen molar-refractivity contribution in [1.29, 1.82) is 0 Å². The minimum atomic E-state index is 0.713. The highest BCUT2D eigenvalue weighted by atomic mass is 14.9. The molecule has 108 valence electrons. The molecule has 0 bridgehead atoms. The summed E-state index contributed by atoms with van der Waals surface area (Å²) in [6.45, 7) is 3.17. The summed E-state index contributed by atoms with van der Waals surface area (Å²) in [5.41, 5.74) is 2.55. The maximum Gasteiger partial charge on any atom is 0.0290 e. The lowest BCUT2D eigenvalue weighted by Gasteiger charge is -2.23. The molecule has 1 aromatic carbocycles. The summed E-state index contributed by atoms with van der Waals surface area (Å²) >= 11 is 0. The Hall–Kier alpha value is -1.26. The van der Waals surface area contributed by atoms with E-state index in [1.807, 2.05) is 0 Å². The molecular weight excluding hydrogens is 242 g/mol. The van der Waals surface area contributed by atoms with E-state index in [0.717, 1.165) is 13.0 Å². The summed E-state index contributed by atoms with van der Waals surface area (Å²) in [5, 5.41) is 3.71. The van der Waals surface area contributed by atoms with E-state index in [1.165, 1.54) is 56.1 Å². The average molecular weight is 269 g/mol. The van der Waals surface area contributed by atoms with Crippen LogP contribution in [-0.4, -0.2) is 6.04 Å². The van der Waals surface area contributed by atoms with Gasteiger partial charge in [-0.05, 0) is 30.9 Å². The van der Waals surface area contributed by atoms with Gasteiger partial charge in [-0.3, -0.25) is 0 Å². The smallest absolute Gasteiger partial charge is 0.0290 e. The number of unbranched alkanes of at least 4 members (excludes halogenated alkanes) is 2. The molecule has 1 nitrogen and oxygen atoms in total. The second-order valence-corrected chi connectivity index (χ2v) is 5.78. The van der Waals surface area contributed by atoms with E-state index in [9.17, 15) is 0 Å². The van der Waals surface area contributed by atoms with Gasteiger partial charge in [-0.2, -0.15) is 0 Å². The first-order valence-electron chi connectivity index (χ1n) is 8.20. The van der Waals surface area contributed by atoms with Gasteiger partial charge in [0.1, 0.15) is 0 Å². The molecule has 1 aromatic rings. The topological polar surface area (TPSA) is 12.0 Å². The Morgan fingerprint density at radius 3 is 2.75 bits per heavy atom. The van der Waals surface area contributed by atoms with Crippen LogP contribution in [0.4, 0.5) is 0 Å². The molecule has 0 amide bonds. The number of hydrogen-bond donors (Lipinski definition) is 1. The zero-order chi connectivity index (χ0) is 14.0. The number of rotatable bonds is 5. The molecule has 0 aromatic heterocycles. The van der Waals surface area contributed by atoms with Gasteiger partial charge in [-0.25, -0.2) is 0 Å². The lowest BCUT2D eigenvalue weighted by Crippen LogP contribution is -2.30. The predicted octanol–water partition coefficient (Wildman–Crippen LogP) is 4.65. The van der Waals surface area contributed by atoms with Crippen molar-refractivity contribution in [3.05, 3.63) is 35.4 Å². The molecule has 0 spiro atoms. The maximum absolute atomic E-state index is 3.71. The molecule has 0 atom stereocenters. The molecule has 1 N–H and O–H groups in total. The molecule has 1 aliphatic rings. The second kappa shape index (κ2) is 8.82. The third-order valence-corrected chi connectivity index (χ3v) is 4.08. The third-order valence-electron chi connectivity index (χ3n) is 4.08. The summed E-state index contributed by atoms with van der Waals surface area (Å²) < 4.78 is 0. The van der Waals surface area contributed by atoms with Crippen LogP contribution < -0.4 is 5.32 Å². The van der Waals surface area contributed by atoms with Crippen molar-refractivity contribution in [2.24, 2.45) is 0 Å². The highest BCUT2D eigenvalue weighted by Crippen LogP contribution is 2.18. The Morgan fingerprint density at radius 2 is 1.95 bits per heavy atom. The summed E-state index contributed by atoms with van der Waals surface area (Å²) in [6, 6.07) is 9.28. The standard InChI is InChI=1S/C19H27N/c1-2-3-4-6-11-17-12-9-10-13-18(17)16-20-19-14-7-5-8-15-19/h9-10,12-13,19-20H,2-5,7-8,14-16H2,1H3. The maximum atomic E-state index is 3.71. The third kappa shape index (κ3) is 5.02. The highest BCUT2D eigenvalue weighted by Gasteiger charge is 2.12. The van der Waals surface area contributed by atoms with Crippen LogP contribution in [0.5, 0.6) is 0 Å². The number of nitrogens with one attached hydrogen (secondary N) is 1. The van der Waals surface area contributed by atoms with Crippen LogP contribution in [0.25, 0.3) is 0 Å². The van der Waals surface area contributed by atoms with Gasteiger partial charge in [0.25, 0.3) is 0 Å². The van der Waals surface area contributed by atoms with Gasteiger partial charge in [0, 0.05) is 24.6 Å². The Morgan fingerprint density at radius 1 is 1.15 bits per heavy atom. The Balaban J connectivity index is 1.90. The van der Waals surface area contributed by atoms with Gasteiger partial charge >= 0.3 is 0 Å². The molecule has 20 heavy (non-hydrogen) atoms. The quantitative estimate of drug-likeness (QED) is 0.606. The fraction of sp³-hybridized carbons (Fsp3) is 0.579. The van der Waals surface area contributed by atoms with Crippen LogP contribution in [0.1, 0.15) is 69.4 Å². The summed E-state index contributed by atoms with van der Waals surface area (Å²) in [5.74, 6) is 6.65. The number of hydrogen-bond acceptors (Lipinski definition) is 1. The lowest BCUT2D eigenvalue weighted by atomic mass is 9.95. The molecule has 0 radical (unpaired) electrons. The second-order valence-electron chi connectivity index (χ2n) is 5.78. The zero-order valence-electron chi connectivity index (χ0n) is 12.8. The molecular formula is C19H27N. The Kier molecular flexibility index (Phi) is 6.68. The van der Waals surface area contributed by atoms with E-state index in [0.29, 0.717) is 6.04 Å². The first-order chi connectivity index (χ1) is 9.90. The van der Waals surface area contributed by atoms with Crippen molar-refractivity contribution in [3.63, 3.8) is 0 Å². The molecule has 0 aliphatic heterocycles. The summed E-state index contributed by atoms with van der Waals surface area (Å²) in [4.78, 5) is 0. The van der Waals surface area contributed by atoms with Gasteiger partial charge in [-0.1, -0.05) is 62.6 Å². The van der Waals surface area contributed by atoms with E-state index in [1.54, 1.807) is 0 Å². The van der Waals surface area contributed by atoms with Crippen LogP contribution in [0.2, 0.25) is 0 Å². The fourth-order valence-corrected chi connectivity index (χ4v) is 2.78. The molecule has 0 unspecified atom stereocenters. The van der Waals surface area contributed by atoms with E-state index in [2.05, 4.69) is 48.3 Å². The van der Waals surface area contributed by atoms with Crippen LogP contribution in [0.15, 0.2) is 24.3 Å². The van der Waals surface area contributed by atoms with Crippen molar-refractivity contribution >= 4 is 0 Å². The van der Waals surface area contributed by atoms with E-state index in [4.69, 9.17) is 0 Å². The van der Waals surface area contributed by atoms with E-state index < -0.39 is 0 Å². The van der Waals surface area contributed by atoms with Crippen LogP contribution in [0.3, 0.4) is 0 Å². The van der Waals surface area contributed by atoms with Crippen molar-refractivity contribution in [3.8, 4) is 11.8 Å². The van der Waals surface area contributed by atoms with Crippen molar-refractivity contribution < 1.29 is 0 Å². The normalized spacial score (nSPS) is 15.7. The lowest BCUT2D eigenvalue weighted by molar-refractivity contribution is 0.372. The molecule has 1 fully saturated rings. The van der Waals surface area contributed by atoms with Gasteiger partial charge in [-0.15, -0.1) is 0 Å². The molecule has 1 heteroatoms. The first kappa shape index (κ1) is 15.1. The Bertz CT molecular complexity index is 446. The molecule has 1 saturated carbocycles. The molecule has 0 heterocycles. The van der Waals surface area contributed by atoms with Crippen LogP contribution >= 0.6 is 0 Å². The molecule has 0 saturated heterocycles. The van der Waals surface area contributed by atoms with Gasteiger partial charge in [0.05, 0.1) is 0 Å². The monoisotopic (exact) mass is 269 g/mol. The SMILES string of the molecule is CCCCC#Cc1ccccc1CNC1CCCCC1. The van der Waals surface area contributed by atoms with Gasteiger partial charge in [0.2, 0.25) is 0 Å². The number of benzene rings is 1. The first-order valence-corrected chi connectivity index (χ1v) is 8.20. The van der Waals surface area contributed by atoms with Crippen LogP contribution in [-0.2, 0) is 6.54 Å². The summed E-state index contributed by atoms with van der Waals surface area (Å²) in [6.07, 6.45) is 10.3. The molecule has 2 rings (SSSR count). The fourth-order valence-electron chi connectivity index (χ4n) is 2.78.